The van der Waals surface area contributed by atoms with E-state index < -0.39 is 0 Å². The molecule has 1 aliphatic rings. The maximum atomic E-state index is 5.20. The second-order valence-corrected chi connectivity index (χ2v) is 6.27. The van der Waals surface area contributed by atoms with Crippen LogP contribution in [0.4, 0.5) is 0 Å². The monoisotopic (exact) mass is 247 g/mol. The van der Waals surface area contributed by atoms with Crippen LogP contribution in [-0.4, -0.2) is 20.3 Å². The fraction of sp³-hybridized carbons (Fsp3) is 0.625. The Bertz CT molecular complexity index is 400. The van der Waals surface area contributed by atoms with Crippen LogP contribution in [0.15, 0.2) is 24.3 Å². The Balaban J connectivity index is 2.06. The fourth-order valence-corrected chi connectivity index (χ4v) is 3.04. The maximum Gasteiger partial charge on any atom is 0.0499 e. The first-order valence-corrected chi connectivity index (χ1v) is 6.84. The molecule has 0 spiro atoms. The van der Waals surface area contributed by atoms with Gasteiger partial charge in [0, 0.05) is 26.3 Å². The maximum absolute atomic E-state index is 5.20. The van der Waals surface area contributed by atoms with Crippen molar-refractivity contribution in [1.82, 2.24) is 5.32 Å². The zero-order chi connectivity index (χ0) is 13.2. The molecule has 0 saturated carbocycles. The summed E-state index contributed by atoms with van der Waals surface area (Å²) in [7, 11) is 1.77. The first-order valence-electron chi connectivity index (χ1n) is 6.84. The van der Waals surface area contributed by atoms with E-state index in [9.17, 15) is 0 Å². The molecule has 2 unspecified atom stereocenters. The van der Waals surface area contributed by atoms with Gasteiger partial charge in [-0.3, -0.25) is 0 Å². The number of ether oxygens (including phenoxy) is 1. The van der Waals surface area contributed by atoms with E-state index in [2.05, 4.69) is 50.4 Å². The van der Waals surface area contributed by atoms with E-state index in [1.807, 2.05) is 0 Å². The van der Waals surface area contributed by atoms with E-state index in [1.54, 1.807) is 7.11 Å². The van der Waals surface area contributed by atoms with Crippen molar-refractivity contribution in [3.63, 3.8) is 0 Å². The Morgan fingerprint density at radius 3 is 2.83 bits per heavy atom. The lowest BCUT2D eigenvalue weighted by Crippen LogP contribution is -2.34. The second-order valence-electron chi connectivity index (χ2n) is 6.27. The zero-order valence-electron chi connectivity index (χ0n) is 12.0. The number of hydrogen-bond donors (Lipinski definition) is 1. The zero-order valence-corrected chi connectivity index (χ0v) is 12.0. The molecule has 2 rings (SSSR count). The highest BCUT2D eigenvalue weighted by atomic mass is 16.5. The smallest absolute Gasteiger partial charge is 0.0499 e. The molecule has 0 amide bonds. The molecule has 0 bridgehead atoms. The Morgan fingerprint density at radius 1 is 1.39 bits per heavy atom. The van der Waals surface area contributed by atoms with Crippen molar-refractivity contribution in [2.45, 2.75) is 33.2 Å². The molecule has 0 heterocycles. The Morgan fingerprint density at radius 2 is 2.11 bits per heavy atom. The van der Waals surface area contributed by atoms with E-state index in [-0.39, 0.29) is 0 Å². The van der Waals surface area contributed by atoms with Gasteiger partial charge in [-0.1, -0.05) is 45.0 Å². The molecular weight excluding hydrogens is 222 g/mol. The first-order chi connectivity index (χ1) is 8.54. The van der Waals surface area contributed by atoms with Gasteiger partial charge in [0.1, 0.15) is 0 Å². The number of methoxy groups -OCH3 is 1. The number of fused-ring (bicyclic) bond motifs is 1. The highest BCUT2D eigenvalue weighted by molar-refractivity contribution is 5.37. The van der Waals surface area contributed by atoms with Crippen LogP contribution in [0.5, 0.6) is 0 Å². The fourth-order valence-electron chi connectivity index (χ4n) is 3.04. The molecule has 18 heavy (non-hydrogen) atoms. The van der Waals surface area contributed by atoms with Gasteiger partial charge in [0.25, 0.3) is 0 Å². The van der Waals surface area contributed by atoms with Gasteiger partial charge < -0.3 is 10.1 Å². The molecule has 0 fully saturated rings. The van der Waals surface area contributed by atoms with E-state index in [4.69, 9.17) is 4.74 Å². The molecule has 0 radical (unpaired) electrons. The lowest BCUT2D eigenvalue weighted by atomic mass is 9.85. The van der Waals surface area contributed by atoms with E-state index >= 15 is 0 Å². The number of rotatable bonds is 5. The van der Waals surface area contributed by atoms with Crippen molar-refractivity contribution in [3.05, 3.63) is 35.4 Å². The summed E-state index contributed by atoms with van der Waals surface area (Å²) in [6, 6.07) is 9.28. The highest BCUT2D eigenvalue weighted by Crippen LogP contribution is 2.44. The van der Waals surface area contributed by atoms with Crippen molar-refractivity contribution >= 4 is 0 Å². The largest absolute Gasteiger partial charge is 0.384 e. The summed E-state index contributed by atoms with van der Waals surface area (Å²) in [6.07, 6.45) is 1.17. The molecule has 1 aliphatic carbocycles. The summed E-state index contributed by atoms with van der Waals surface area (Å²) < 4.78 is 5.20. The summed E-state index contributed by atoms with van der Waals surface area (Å²) in [5.74, 6) is 0.554. The SMILES string of the molecule is COCC(C)CNC1c2ccccc2CC1(C)C. The van der Waals surface area contributed by atoms with Gasteiger partial charge >= 0.3 is 0 Å². The van der Waals surface area contributed by atoms with Crippen LogP contribution in [-0.2, 0) is 11.2 Å². The minimum absolute atomic E-state index is 0.302. The summed E-state index contributed by atoms with van der Waals surface area (Å²) in [5, 5.41) is 3.73. The van der Waals surface area contributed by atoms with E-state index in [0.717, 1.165) is 13.2 Å². The highest BCUT2D eigenvalue weighted by Gasteiger charge is 2.38. The molecule has 0 aromatic heterocycles. The van der Waals surface area contributed by atoms with Crippen molar-refractivity contribution in [2.24, 2.45) is 11.3 Å². The lowest BCUT2D eigenvalue weighted by molar-refractivity contribution is 0.151. The summed E-state index contributed by atoms with van der Waals surface area (Å²) >= 11 is 0. The summed E-state index contributed by atoms with van der Waals surface area (Å²) in [5.41, 5.74) is 3.28. The van der Waals surface area contributed by atoms with Crippen LogP contribution in [0.1, 0.15) is 37.9 Å². The number of benzene rings is 1. The molecule has 0 aliphatic heterocycles. The third-order valence-electron chi connectivity index (χ3n) is 3.92. The molecule has 2 nitrogen and oxygen atoms in total. The summed E-state index contributed by atoms with van der Waals surface area (Å²) in [4.78, 5) is 0. The van der Waals surface area contributed by atoms with Crippen LogP contribution < -0.4 is 5.32 Å². The van der Waals surface area contributed by atoms with Crippen molar-refractivity contribution < 1.29 is 4.74 Å². The Kier molecular flexibility index (Phi) is 4.08. The second kappa shape index (κ2) is 5.41. The van der Waals surface area contributed by atoms with Gasteiger partial charge in [-0.15, -0.1) is 0 Å². The quantitative estimate of drug-likeness (QED) is 0.863. The van der Waals surface area contributed by atoms with Crippen molar-refractivity contribution in [1.29, 1.82) is 0 Å². The van der Waals surface area contributed by atoms with Crippen LogP contribution in [0, 0.1) is 11.3 Å². The molecule has 1 aromatic rings. The molecular formula is C16H25NO. The predicted octanol–water partition coefficient (Wildman–Crippen LogP) is 3.18. The van der Waals surface area contributed by atoms with Crippen LogP contribution in [0.2, 0.25) is 0 Å². The van der Waals surface area contributed by atoms with E-state index in [0.29, 0.717) is 17.4 Å². The van der Waals surface area contributed by atoms with Crippen molar-refractivity contribution in [3.8, 4) is 0 Å². The summed E-state index contributed by atoms with van der Waals surface area (Å²) in [6.45, 7) is 8.76. The number of hydrogen-bond acceptors (Lipinski definition) is 2. The Labute approximate surface area is 111 Å². The molecule has 2 atom stereocenters. The van der Waals surface area contributed by atoms with Gasteiger partial charge in [0.05, 0.1) is 0 Å². The van der Waals surface area contributed by atoms with E-state index in [1.165, 1.54) is 17.5 Å². The molecule has 100 valence electrons. The van der Waals surface area contributed by atoms with Gasteiger partial charge in [-0.05, 0) is 28.9 Å². The minimum atomic E-state index is 0.302. The molecule has 1 aromatic carbocycles. The average Bonchev–Trinajstić information content (AvgIpc) is 2.56. The third kappa shape index (κ3) is 2.76. The average molecular weight is 247 g/mol. The standard InChI is InChI=1S/C16H25NO/c1-12(11-18-4)10-17-15-14-8-6-5-7-13(14)9-16(15,2)3/h5-8,12,15,17H,9-11H2,1-4H3. The lowest BCUT2D eigenvalue weighted by Gasteiger charge is -2.29. The van der Waals surface area contributed by atoms with Crippen molar-refractivity contribution in [2.75, 3.05) is 20.3 Å². The first kappa shape index (κ1) is 13.6. The van der Waals surface area contributed by atoms with Crippen LogP contribution in [0.3, 0.4) is 0 Å². The minimum Gasteiger partial charge on any atom is -0.384 e. The Hall–Kier alpha value is -0.860. The van der Waals surface area contributed by atoms with Crippen LogP contribution in [0.25, 0.3) is 0 Å². The molecule has 0 saturated heterocycles. The van der Waals surface area contributed by atoms with Gasteiger partial charge in [0.2, 0.25) is 0 Å². The van der Waals surface area contributed by atoms with Gasteiger partial charge in [-0.2, -0.15) is 0 Å². The van der Waals surface area contributed by atoms with Gasteiger partial charge in [-0.25, -0.2) is 0 Å². The van der Waals surface area contributed by atoms with Gasteiger partial charge in [0.15, 0.2) is 0 Å². The van der Waals surface area contributed by atoms with Crippen LogP contribution >= 0.6 is 0 Å². The third-order valence-corrected chi connectivity index (χ3v) is 3.92. The number of nitrogens with one attached hydrogen (secondary N) is 1. The topological polar surface area (TPSA) is 21.3 Å². The molecule has 1 N–H and O–H groups in total. The normalized spacial score (nSPS) is 22.8. The molecule has 2 heteroatoms. The predicted molar refractivity (Wildman–Crippen MR) is 75.7 cm³/mol.